The minimum absolute atomic E-state index is 0.0264. The highest BCUT2D eigenvalue weighted by molar-refractivity contribution is 5.59. The van der Waals surface area contributed by atoms with E-state index in [2.05, 4.69) is 26.8 Å². The summed E-state index contributed by atoms with van der Waals surface area (Å²) in [6, 6.07) is 2.07. The van der Waals surface area contributed by atoms with Gasteiger partial charge in [-0.2, -0.15) is 0 Å². The Morgan fingerprint density at radius 1 is 1.09 bits per heavy atom. The zero-order chi connectivity index (χ0) is 17.2. The van der Waals surface area contributed by atoms with Crippen LogP contribution in [0.15, 0.2) is 6.07 Å². The molecule has 0 aliphatic heterocycles. The molecule has 3 heteroatoms. The fourth-order valence-corrected chi connectivity index (χ4v) is 5.61. The fraction of sp³-hybridized carbons (Fsp3) is 0.700. The maximum Gasteiger partial charge on any atom is 0.161 e. The Morgan fingerprint density at radius 2 is 1.74 bits per heavy atom. The van der Waals surface area contributed by atoms with Crippen molar-refractivity contribution in [3.8, 4) is 11.5 Å². The molecule has 23 heavy (non-hydrogen) atoms. The highest BCUT2D eigenvalue weighted by atomic mass is 16.3. The van der Waals surface area contributed by atoms with Crippen molar-refractivity contribution in [1.29, 1.82) is 0 Å². The minimum atomic E-state index is -0.358. The van der Waals surface area contributed by atoms with Gasteiger partial charge in [0.1, 0.15) is 0 Å². The van der Waals surface area contributed by atoms with Crippen LogP contribution in [-0.4, -0.2) is 21.4 Å². The second-order valence-corrected chi connectivity index (χ2v) is 8.91. The highest BCUT2D eigenvalue weighted by Crippen LogP contribution is 2.60. The standard InChI is InChI=1S/C20H30O3/c1-11(2)14-8-12-6-7-15-19(3,4)9-13(21)10-20(15,5)16(12)18(23)17(14)22/h8,11,13,15,21-23H,6-7,9-10H2,1-5H3. The summed E-state index contributed by atoms with van der Waals surface area (Å²) in [6.45, 7) is 10.7. The molecule has 1 aromatic rings. The molecule has 1 aromatic carbocycles. The second-order valence-electron chi connectivity index (χ2n) is 8.91. The van der Waals surface area contributed by atoms with E-state index in [0.717, 1.165) is 36.0 Å². The van der Waals surface area contributed by atoms with Crippen molar-refractivity contribution in [3.63, 3.8) is 0 Å². The fourth-order valence-electron chi connectivity index (χ4n) is 5.61. The predicted molar refractivity (Wildman–Crippen MR) is 92.0 cm³/mol. The van der Waals surface area contributed by atoms with Crippen molar-refractivity contribution in [2.45, 2.75) is 77.7 Å². The molecule has 0 bridgehead atoms. The number of fused-ring (bicyclic) bond motifs is 3. The van der Waals surface area contributed by atoms with Crippen LogP contribution in [0.4, 0.5) is 0 Å². The van der Waals surface area contributed by atoms with Gasteiger partial charge in [-0.25, -0.2) is 0 Å². The Hall–Kier alpha value is -1.22. The highest BCUT2D eigenvalue weighted by Gasteiger charge is 2.53. The second kappa shape index (κ2) is 5.14. The van der Waals surface area contributed by atoms with E-state index in [4.69, 9.17) is 0 Å². The Balaban J connectivity index is 2.22. The average Bonchev–Trinajstić information content (AvgIpc) is 2.39. The van der Waals surface area contributed by atoms with E-state index in [-0.39, 0.29) is 34.4 Å². The lowest BCUT2D eigenvalue weighted by molar-refractivity contribution is -0.0392. The van der Waals surface area contributed by atoms with Gasteiger partial charge in [-0.15, -0.1) is 0 Å². The monoisotopic (exact) mass is 318 g/mol. The van der Waals surface area contributed by atoms with Crippen LogP contribution in [0.1, 0.15) is 76.5 Å². The maximum atomic E-state index is 10.8. The number of phenols is 2. The molecule has 1 fully saturated rings. The molecular weight excluding hydrogens is 288 g/mol. The molecule has 2 aliphatic carbocycles. The Bertz CT molecular complexity index is 632. The lowest BCUT2D eigenvalue weighted by atomic mass is 9.49. The Kier molecular flexibility index (Phi) is 3.72. The van der Waals surface area contributed by atoms with Gasteiger partial charge in [-0.05, 0) is 48.5 Å². The van der Waals surface area contributed by atoms with Gasteiger partial charge in [0.25, 0.3) is 0 Å². The molecule has 0 radical (unpaired) electrons. The molecule has 1 saturated carbocycles. The maximum absolute atomic E-state index is 10.8. The summed E-state index contributed by atoms with van der Waals surface area (Å²) in [6.07, 6.45) is 3.11. The summed E-state index contributed by atoms with van der Waals surface area (Å²) in [5.74, 6) is 0.646. The SMILES string of the molecule is CC(C)c1cc2c(c(O)c1O)C1(C)CC(O)CC(C)(C)C1CC2. The van der Waals surface area contributed by atoms with E-state index in [0.29, 0.717) is 12.3 Å². The first kappa shape index (κ1) is 16.6. The van der Waals surface area contributed by atoms with Crippen molar-refractivity contribution in [2.75, 3.05) is 0 Å². The van der Waals surface area contributed by atoms with Crippen molar-refractivity contribution in [2.24, 2.45) is 11.3 Å². The van der Waals surface area contributed by atoms with Crippen molar-refractivity contribution < 1.29 is 15.3 Å². The van der Waals surface area contributed by atoms with Crippen LogP contribution in [-0.2, 0) is 11.8 Å². The molecule has 3 nitrogen and oxygen atoms in total. The summed E-state index contributed by atoms with van der Waals surface area (Å²) in [5.41, 5.74) is 2.59. The molecule has 0 spiro atoms. The van der Waals surface area contributed by atoms with E-state index < -0.39 is 0 Å². The minimum Gasteiger partial charge on any atom is -0.504 e. The van der Waals surface area contributed by atoms with Gasteiger partial charge in [0.2, 0.25) is 0 Å². The summed E-state index contributed by atoms with van der Waals surface area (Å²) in [4.78, 5) is 0. The van der Waals surface area contributed by atoms with Crippen LogP contribution in [0.2, 0.25) is 0 Å². The van der Waals surface area contributed by atoms with Gasteiger partial charge in [-0.3, -0.25) is 0 Å². The number of aliphatic hydroxyl groups excluding tert-OH is 1. The molecule has 3 N–H and O–H groups in total. The molecule has 0 heterocycles. The van der Waals surface area contributed by atoms with Crippen LogP contribution < -0.4 is 0 Å². The normalized spacial score (nSPS) is 32.5. The quantitative estimate of drug-likeness (QED) is 0.679. The van der Waals surface area contributed by atoms with Crippen LogP contribution >= 0.6 is 0 Å². The largest absolute Gasteiger partial charge is 0.504 e. The topological polar surface area (TPSA) is 60.7 Å². The first-order valence-electron chi connectivity index (χ1n) is 8.84. The molecular formula is C20H30O3. The first-order chi connectivity index (χ1) is 10.6. The van der Waals surface area contributed by atoms with E-state index in [1.54, 1.807) is 0 Å². The third-order valence-corrected chi connectivity index (χ3v) is 6.41. The molecule has 0 aromatic heterocycles. The van der Waals surface area contributed by atoms with Crippen LogP contribution in [0.25, 0.3) is 0 Å². The average molecular weight is 318 g/mol. The van der Waals surface area contributed by atoms with Crippen LogP contribution in [0.5, 0.6) is 11.5 Å². The van der Waals surface area contributed by atoms with E-state index >= 15 is 0 Å². The van der Waals surface area contributed by atoms with Crippen molar-refractivity contribution >= 4 is 0 Å². The van der Waals surface area contributed by atoms with E-state index in [1.807, 2.05) is 13.8 Å². The smallest absolute Gasteiger partial charge is 0.161 e. The number of phenolic OH excluding ortho intramolecular Hbond substituents is 2. The molecule has 128 valence electrons. The number of benzene rings is 1. The third kappa shape index (κ3) is 2.36. The van der Waals surface area contributed by atoms with Gasteiger partial charge in [0.15, 0.2) is 11.5 Å². The number of hydrogen-bond donors (Lipinski definition) is 3. The van der Waals surface area contributed by atoms with Crippen molar-refractivity contribution in [3.05, 3.63) is 22.8 Å². The van der Waals surface area contributed by atoms with Gasteiger partial charge in [0, 0.05) is 16.5 Å². The van der Waals surface area contributed by atoms with Gasteiger partial charge in [-0.1, -0.05) is 40.7 Å². The van der Waals surface area contributed by atoms with Gasteiger partial charge < -0.3 is 15.3 Å². The number of rotatable bonds is 1. The molecule has 0 amide bonds. The number of aryl methyl sites for hydroxylation is 1. The zero-order valence-electron chi connectivity index (χ0n) is 15.0. The summed E-state index contributed by atoms with van der Waals surface area (Å²) >= 11 is 0. The van der Waals surface area contributed by atoms with Crippen LogP contribution in [0.3, 0.4) is 0 Å². The Morgan fingerprint density at radius 3 is 2.35 bits per heavy atom. The molecule has 2 aliphatic rings. The summed E-state index contributed by atoms with van der Waals surface area (Å²) in [7, 11) is 0. The first-order valence-corrected chi connectivity index (χ1v) is 8.84. The van der Waals surface area contributed by atoms with Gasteiger partial charge in [0.05, 0.1) is 6.10 Å². The lowest BCUT2D eigenvalue weighted by Crippen LogP contribution is -2.52. The van der Waals surface area contributed by atoms with Crippen LogP contribution in [0, 0.1) is 11.3 Å². The van der Waals surface area contributed by atoms with E-state index in [9.17, 15) is 15.3 Å². The third-order valence-electron chi connectivity index (χ3n) is 6.41. The zero-order valence-corrected chi connectivity index (χ0v) is 15.0. The van der Waals surface area contributed by atoms with Gasteiger partial charge >= 0.3 is 0 Å². The summed E-state index contributed by atoms with van der Waals surface area (Å²) < 4.78 is 0. The Labute approximate surface area is 139 Å². The number of hydrogen-bond acceptors (Lipinski definition) is 3. The summed E-state index contributed by atoms with van der Waals surface area (Å²) in [5, 5.41) is 31.7. The molecule has 0 saturated heterocycles. The molecule has 3 atom stereocenters. The lowest BCUT2D eigenvalue weighted by Gasteiger charge is -2.55. The van der Waals surface area contributed by atoms with Crippen molar-refractivity contribution in [1.82, 2.24) is 0 Å². The predicted octanol–water partition coefficient (Wildman–Crippen LogP) is 4.22. The molecule has 3 rings (SSSR count). The molecule has 3 unspecified atom stereocenters. The van der Waals surface area contributed by atoms with E-state index in [1.165, 1.54) is 0 Å². The number of aromatic hydroxyl groups is 2. The number of aliphatic hydroxyl groups is 1.